The lowest BCUT2D eigenvalue weighted by molar-refractivity contribution is 0.102. The van der Waals surface area contributed by atoms with E-state index >= 15 is 0 Å². The van der Waals surface area contributed by atoms with Crippen LogP contribution in [0.15, 0.2) is 47.8 Å². The van der Waals surface area contributed by atoms with Gasteiger partial charge in [0.1, 0.15) is 0 Å². The molecule has 1 aromatic heterocycles. The van der Waals surface area contributed by atoms with Crippen LogP contribution < -0.4 is 5.32 Å². The molecule has 0 aliphatic carbocycles. The first-order chi connectivity index (χ1) is 9.25. The summed E-state index contributed by atoms with van der Waals surface area (Å²) < 4.78 is 4.12. The van der Waals surface area contributed by atoms with Crippen LogP contribution in [0.3, 0.4) is 0 Å². The Kier molecular flexibility index (Phi) is 3.01. The minimum absolute atomic E-state index is 0.109. The minimum atomic E-state index is -0.109. The largest absolute Gasteiger partial charge is 0.321 e. The van der Waals surface area contributed by atoms with Crippen molar-refractivity contribution in [2.75, 3.05) is 5.32 Å². The van der Waals surface area contributed by atoms with Crippen molar-refractivity contribution < 1.29 is 4.79 Å². The Balaban J connectivity index is 1.98. The molecular formula is C15H12N2OS. The monoisotopic (exact) mass is 268 g/mol. The average Bonchev–Trinajstić information content (AvgIpc) is 2.85. The molecule has 0 aliphatic heterocycles. The molecule has 0 fully saturated rings. The Bertz CT molecular complexity index is 743. The fourth-order valence-electron chi connectivity index (χ4n) is 2.03. The zero-order valence-corrected chi connectivity index (χ0v) is 11.2. The summed E-state index contributed by atoms with van der Waals surface area (Å²) in [6.45, 7) is 1.84. The van der Waals surface area contributed by atoms with E-state index < -0.39 is 0 Å². The van der Waals surface area contributed by atoms with Crippen molar-refractivity contribution in [3.8, 4) is 0 Å². The van der Waals surface area contributed by atoms with Crippen molar-refractivity contribution in [3.63, 3.8) is 0 Å². The predicted molar refractivity (Wildman–Crippen MR) is 78.8 cm³/mol. The smallest absolute Gasteiger partial charge is 0.258 e. The second-order valence-electron chi connectivity index (χ2n) is 4.29. The summed E-state index contributed by atoms with van der Waals surface area (Å²) >= 11 is 1.30. The van der Waals surface area contributed by atoms with Gasteiger partial charge in [0.25, 0.3) is 5.91 Å². The van der Waals surface area contributed by atoms with Crippen molar-refractivity contribution in [1.82, 2.24) is 4.37 Å². The van der Waals surface area contributed by atoms with E-state index in [2.05, 4.69) is 9.69 Å². The first-order valence-corrected chi connectivity index (χ1v) is 6.79. The van der Waals surface area contributed by atoms with Crippen molar-refractivity contribution >= 4 is 33.9 Å². The number of carbonyl (C=O) groups is 1. The molecule has 0 saturated heterocycles. The summed E-state index contributed by atoms with van der Waals surface area (Å²) in [6, 6.07) is 13.9. The molecule has 1 heterocycles. The quantitative estimate of drug-likeness (QED) is 0.767. The highest BCUT2D eigenvalue weighted by Crippen LogP contribution is 2.24. The highest BCUT2D eigenvalue weighted by atomic mass is 32.1. The van der Waals surface area contributed by atoms with Gasteiger partial charge in [-0.1, -0.05) is 36.4 Å². The fraction of sp³-hybridized carbons (Fsp3) is 0.0667. The molecule has 0 spiro atoms. The fourth-order valence-corrected chi connectivity index (χ4v) is 2.73. The van der Waals surface area contributed by atoms with Gasteiger partial charge in [-0.25, -0.2) is 0 Å². The van der Waals surface area contributed by atoms with Crippen LogP contribution in [-0.2, 0) is 0 Å². The SMILES string of the molecule is Cc1nscc1C(=O)Nc1cccc2ccccc12. The molecule has 0 saturated carbocycles. The molecule has 3 nitrogen and oxygen atoms in total. The molecule has 0 atom stereocenters. The van der Waals surface area contributed by atoms with Gasteiger partial charge in [-0.2, -0.15) is 4.37 Å². The number of benzene rings is 2. The van der Waals surface area contributed by atoms with Crippen LogP contribution in [0.2, 0.25) is 0 Å². The van der Waals surface area contributed by atoms with Crippen LogP contribution in [0.4, 0.5) is 5.69 Å². The third-order valence-corrected chi connectivity index (χ3v) is 3.75. The summed E-state index contributed by atoms with van der Waals surface area (Å²) in [7, 11) is 0. The molecule has 0 bridgehead atoms. The van der Waals surface area contributed by atoms with Crippen LogP contribution in [0.25, 0.3) is 10.8 Å². The van der Waals surface area contributed by atoms with E-state index in [-0.39, 0.29) is 5.91 Å². The maximum atomic E-state index is 12.2. The second-order valence-corrected chi connectivity index (χ2v) is 4.92. The Morgan fingerprint density at radius 3 is 2.74 bits per heavy atom. The Labute approximate surface area is 115 Å². The van der Waals surface area contributed by atoms with Gasteiger partial charge in [-0.3, -0.25) is 4.79 Å². The van der Waals surface area contributed by atoms with Crippen molar-refractivity contribution in [2.45, 2.75) is 6.92 Å². The molecule has 3 rings (SSSR count). The van der Waals surface area contributed by atoms with E-state index in [4.69, 9.17) is 0 Å². The van der Waals surface area contributed by atoms with Gasteiger partial charge in [0, 0.05) is 16.5 Å². The zero-order valence-electron chi connectivity index (χ0n) is 10.4. The number of fused-ring (bicyclic) bond motifs is 1. The maximum absolute atomic E-state index is 12.2. The lowest BCUT2D eigenvalue weighted by atomic mass is 10.1. The highest BCUT2D eigenvalue weighted by molar-refractivity contribution is 7.04. The van der Waals surface area contributed by atoms with Gasteiger partial charge in [-0.15, -0.1) is 0 Å². The van der Waals surface area contributed by atoms with Gasteiger partial charge < -0.3 is 5.32 Å². The van der Waals surface area contributed by atoms with Crippen LogP contribution in [0.1, 0.15) is 16.1 Å². The third kappa shape index (κ3) is 2.22. The van der Waals surface area contributed by atoms with E-state index in [0.29, 0.717) is 5.56 Å². The Morgan fingerprint density at radius 1 is 1.16 bits per heavy atom. The lowest BCUT2D eigenvalue weighted by Crippen LogP contribution is -2.12. The molecule has 0 aliphatic rings. The summed E-state index contributed by atoms with van der Waals surface area (Å²) in [5.74, 6) is -0.109. The third-order valence-electron chi connectivity index (χ3n) is 3.03. The van der Waals surface area contributed by atoms with Crippen LogP contribution in [-0.4, -0.2) is 10.3 Å². The standard InChI is InChI=1S/C15H12N2OS/c1-10-13(9-19-17-10)15(18)16-14-8-4-6-11-5-2-3-7-12(11)14/h2-9H,1H3,(H,16,18). The van der Waals surface area contributed by atoms with E-state index in [1.54, 1.807) is 5.38 Å². The van der Waals surface area contributed by atoms with E-state index in [1.165, 1.54) is 11.5 Å². The number of amides is 1. The van der Waals surface area contributed by atoms with Crippen LogP contribution >= 0.6 is 11.5 Å². The minimum Gasteiger partial charge on any atom is -0.321 e. The molecule has 4 heteroatoms. The maximum Gasteiger partial charge on any atom is 0.258 e. The number of carbonyl (C=O) groups excluding carboxylic acids is 1. The van der Waals surface area contributed by atoms with Crippen LogP contribution in [0.5, 0.6) is 0 Å². The van der Waals surface area contributed by atoms with E-state index in [1.807, 2.05) is 49.4 Å². The number of anilines is 1. The predicted octanol–water partition coefficient (Wildman–Crippen LogP) is 3.86. The average molecular weight is 268 g/mol. The van der Waals surface area contributed by atoms with Gasteiger partial charge in [0.2, 0.25) is 0 Å². The topological polar surface area (TPSA) is 42.0 Å². The summed E-state index contributed by atoms with van der Waals surface area (Å²) in [4.78, 5) is 12.2. The molecule has 0 unspecified atom stereocenters. The van der Waals surface area contributed by atoms with Gasteiger partial charge in [-0.05, 0) is 29.9 Å². The first-order valence-electron chi connectivity index (χ1n) is 5.96. The number of aromatic nitrogens is 1. The molecule has 94 valence electrons. The number of nitrogens with one attached hydrogen (secondary N) is 1. The molecule has 19 heavy (non-hydrogen) atoms. The summed E-state index contributed by atoms with van der Waals surface area (Å²) in [6.07, 6.45) is 0. The van der Waals surface area contributed by atoms with Crippen molar-refractivity contribution in [2.24, 2.45) is 0 Å². The summed E-state index contributed by atoms with van der Waals surface area (Å²) in [5, 5.41) is 6.88. The first kappa shape index (κ1) is 11.9. The second kappa shape index (κ2) is 4.82. The van der Waals surface area contributed by atoms with Gasteiger partial charge >= 0.3 is 0 Å². The normalized spacial score (nSPS) is 10.6. The van der Waals surface area contributed by atoms with E-state index in [9.17, 15) is 4.79 Å². The highest BCUT2D eigenvalue weighted by Gasteiger charge is 2.12. The number of nitrogens with zero attached hydrogens (tertiary/aromatic N) is 1. The van der Waals surface area contributed by atoms with Crippen LogP contribution in [0, 0.1) is 6.92 Å². The van der Waals surface area contributed by atoms with Gasteiger partial charge in [0.05, 0.1) is 11.3 Å². The molecule has 1 amide bonds. The van der Waals surface area contributed by atoms with Crippen molar-refractivity contribution in [3.05, 3.63) is 59.1 Å². The lowest BCUT2D eigenvalue weighted by Gasteiger charge is -2.08. The van der Waals surface area contributed by atoms with Crippen molar-refractivity contribution in [1.29, 1.82) is 0 Å². The Morgan fingerprint density at radius 2 is 1.95 bits per heavy atom. The molecule has 3 aromatic rings. The molecule has 2 aromatic carbocycles. The number of rotatable bonds is 2. The number of hydrogen-bond acceptors (Lipinski definition) is 3. The Hall–Kier alpha value is -2.20. The van der Waals surface area contributed by atoms with Gasteiger partial charge in [0.15, 0.2) is 0 Å². The molecule has 0 radical (unpaired) electrons. The zero-order chi connectivity index (χ0) is 13.2. The molecular weight excluding hydrogens is 256 g/mol. The van der Waals surface area contributed by atoms with E-state index in [0.717, 1.165) is 22.2 Å². The number of aryl methyl sites for hydroxylation is 1. The molecule has 1 N–H and O–H groups in total. The summed E-state index contributed by atoms with van der Waals surface area (Å²) in [5.41, 5.74) is 2.23. The number of hydrogen-bond donors (Lipinski definition) is 1.